The van der Waals surface area contributed by atoms with Crippen LogP contribution in [0.15, 0.2) is 24.3 Å². The van der Waals surface area contributed by atoms with Crippen LogP contribution in [0.3, 0.4) is 0 Å². The number of ether oxygens (including phenoxy) is 1. The number of urea groups is 1. The largest absolute Gasteiger partial charge is 0.370 e. The fourth-order valence-electron chi connectivity index (χ4n) is 3.36. The molecule has 0 bridgehead atoms. The van der Waals surface area contributed by atoms with Gasteiger partial charge in [0.25, 0.3) is 0 Å². The third-order valence-corrected chi connectivity index (χ3v) is 4.79. The van der Waals surface area contributed by atoms with E-state index in [1.165, 1.54) is 17.0 Å². The number of halogens is 1. The van der Waals surface area contributed by atoms with E-state index >= 15 is 0 Å². The lowest BCUT2D eigenvalue weighted by atomic mass is 10.2. The maximum atomic E-state index is 13.0. The van der Waals surface area contributed by atoms with Crippen LogP contribution in [0.5, 0.6) is 0 Å². The third kappa shape index (κ3) is 5.15. The maximum absolute atomic E-state index is 13.0. The Bertz CT molecular complexity index is 619. The number of hydrogen-bond donors (Lipinski definition) is 3. The molecule has 2 aliphatic heterocycles. The molecule has 0 aromatic heterocycles. The molecule has 3 amide bonds. The zero-order valence-corrected chi connectivity index (χ0v) is 14.8. The minimum absolute atomic E-state index is 0.0715. The van der Waals surface area contributed by atoms with Crippen LogP contribution < -0.4 is 20.4 Å². The van der Waals surface area contributed by atoms with Gasteiger partial charge < -0.3 is 25.2 Å². The van der Waals surface area contributed by atoms with Crippen molar-refractivity contribution in [3.05, 3.63) is 30.1 Å². The normalized spacial score (nSPS) is 21.0. The number of nitrogens with one attached hydrogen (secondary N) is 3. The highest BCUT2D eigenvalue weighted by atomic mass is 19.1. The van der Waals surface area contributed by atoms with Crippen LogP contribution in [0.4, 0.5) is 14.9 Å². The van der Waals surface area contributed by atoms with Gasteiger partial charge in [-0.2, -0.15) is 0 Å². The van der Waals surface area contributed by atoms with Gasteiger partial charge in [-0.25, -0.2) is 9.18 Å². The Hall–Kier alpha value is -2.19. The average molecular weight is 365 g/mol. The lowest BCUT2D eigenvalue weighted by Crippen LogP contribution is -3.14. The van der Waals surface area contributed by atoms with Gasteiger partial charge in [-0.1, -0.05) is 0 Å². The van der Waals surface area contributed by atoms with Crippen molar-refractivity contribution >= 4 is 17.6 Å². The predicted molar refractivity (Wildman–Crippen MR) is 94.7 cm³/mol. The van der Waals surface area contributed by atoms with Crippen LogP contribution >= 0.6 is 0 Å². The van der Waals surface area contributed by atoms with Gasteiger partial charge in [0.1, 0.15) is 18.9 Å². The van der Waals surface area contributed by atoms with Gasteiger partial charge >= 0.3 is 6.03 Å². The second-order valence-corrected chi connectivity index (χ2v) is 6.75. The maximum Gasteiger partial charge on any atom is 0.315 e. The second kappa shape index (κ2) is 8.95. The smallest absolute Gasteiger partial charge is 0.315 e. The van der Waals surface area contributed by atoms with E-state index in [1.54, 1.807) is 17.0 Å². The van der Waals surface area contributed by atoms with Gasteiger partial charge in [-0.3, -0.25) is 4.79 Å². The first-order valence-corrected chi connectivity index (χ1v) is 9.13. The molecule has 26 heavy (non-hydrogen) atoms. The number of amides is 3. The van der Waals surface area contributed by atoms with Crippen molar-refractivity contribution in [3.63, 3.8) is 0 Å². The predicted octanol–water partition coefficient (Wildman–Crippen LogP) is -0.465. The van der Waals surface area contributed by atoms with Crippen molar-refractivity contribution in [2.24, 2.45) is 0 Å². The molecule has 0 aliphatic carbocycles. The molecular formula is C18H26FN4O3+. The number of benzene rings is 1. The molecular weight excluding hydrogens is 339 g/mol. The Morgan fingerprint density at radius 3 is 2.73 bits per heavy atom. The molecule has 1 aromatic rings. The molecule has 8 heteroatoms. The molecule has 2 fully saturated rings. The second-order valence-electron chi connectivity index (χ2n) is 6.75. The highest BCUT2D eigenvalue weighted by Gasteiger charge is 2.31. The van der Waals surface area contributed by atoms with Gasteiger partial charge in [0.05, 0.1) is 25.8 Å². The van der Waals surface area contributed by atoms with E-state index in [2.05, 4.69) is 10.6 Å². The summed E-state index contributed by atoms with van der Waals surface area (Å²) in [6.07, 6.45) is 1.16. The van der Waals surface area contributed by atoms with Crippen LogP contribution in [-0.4, -0.2) is 63.9 Å². The summed E-state index contributed by atoms with van der Waals surface area (Å²) in [5, 5.41) is 5.70. The topological polar surface area (TPSA) is 75.1 Å². The Morgan fingerprint density at radius 2 is 2.00 bits per heavy atom. The number of anilines is 1. The van der Waals surface area contributed by atoms with Crippen molar-refractivity contribution in [2.75, 3.05) is 50.8 Å². The lowest BCUT2D eigenvalue weighted by molar-refractivity contribution is -0.908. The van der Waals surface area contributed by atoms with Gasteiger partial charge in [-0.05, 0) is 24.3 Å². The van der Waals surface area contributed by atoms with E-state index < -0.39 is 0 Å². The van der Waals surface area contributed by atoms with Crippen molar-refractivity contribution in [1.82, 2.24) is 10.6 Å². The number of nitrogens with zero attached hydrogens (tertiary/aromatic N) is 1. The molecule has 0 unspecified atom stereocenters. The minimum atomic E-state index is -0.339. The molecule has 2 saturated heterocycles. The molecule has 3 N–H and O–H groups in total. The molecule has 7 nitrogen and oxygen atoms in total. The van der Waals surface area contributed by atoms with Crippen molar-refractivity contribution in [2.45, 2.75) is 18.9 Å². The highest BCUT2D eigenvalue weighted by Crippen LogP contribution is 2.21. The van der Waals surface area contributed by atoms with E-state index in [-0.39, 0.29) is 30.2 Å². The molecule has 2 heterocycles. The molecule has 3 rings (SSSR count). The SMILES string of the molecule is O=C(NCCC[NH+]1CCOCC1)N[C@@H]1CC(=O)N(c2ccc(F)cc2)C1. The van der Waals surface area contributed by atoms with E-state index in [0.29, 0.717) is 18.8 Å². The van der Waals surface area contributed by atoms with Gasteiger partial charge in [0, 0.05) is 31.6 Å². The Labute approximate surface area is 152 Å². The van der Waals surface area contributed by atoms with Crippen molar-refractivity contribution in [1.29, 1.82) is 0 Å². The Kier molecular flexibility index (Phi) is 6.40. The molecule has 1 aromatic carbocycles. The number of morpholine rings is 1. The first-order valence-electron chi connectivity index (χ1n) is 9.13. The first kappa shape index (κ1) is 18.6. The number of carbonyl (C=O) groups is 2. The first-order chi connectivity index (χ1) is 12.6. The fourth-order valence-corrected chi connectivity index (χ4v) is 3.36. The number of hydrogen-bond acceptors (Lipinski definition) is 3. The molecule has 0 saturated carbocycles. The summed E-state index contributed by atoms with van der Waals surface area (Å²) in [5.74, 6) is -0.411. The quantitative estimate of drug-likeness (QED) is 0.597. The van der Waals surface area contributed by atoms with Crippen molar-refractivity contribution in [3.8, 4) is 0 Å². The monoisotopic (exact) mass is 365 g/mol. The van der Waals surface area contributed by atoms with Gasteiger partial charge in [-0.15, -0.1) is 0 Å². The van der Waals surface area contributed by atoms with E-state index in [1.807, 2.05) is 0 Å². The molecule has 0 spiro atoms. The van der Waals surface area contributed by atoms with Crippen LogP contribution in [-0.2, 0) is 9.53 Å². The Balaban J connectivity index is 1.36. The van der Waals surface area contributed by atoms with Crippen LogP contribution in [0.25, 0.3) is 0 Å². The van der Waals surface area contributed by atoms with Crippen LogP contribution in [0.2, 0.25) is 0 Å². The standard InChI is InChI=1S/C18H25FN4O3/c19-14-2-4-16(5-3-14)23-13-15(12-17(23)24)21-18(25)20-6-1-7-22-8-10-26-11-9-22/h2-5,15H,1,6-13H2,(H2,20,21,25)/p+1/t15-/m1/s1. The van der Waals surface area contributed by atoms with Crippen LogP contribution in [0.1, 0.15) is 12.8 Å². The zero-order chi connectivity index (χ0) is 18.4. The third-order valence-electron chi connectivity index (χ3n) is 4.79. The average Bonchev–Trinajstić information content (AvgIpc) is 3.00. The molecule has 142 valence electrons. The van der Waals surface area contributed by atoms with E-state index in [0.717, 1.165) is 39.3 Å². The van der Waals surface area contributed by atoms with E-state index in [4.69, 9.17) is 4.74 Å². The summed E-state index contributed by atoms with van der Waals surface area (Å²) < 4.78 is 18.3. The summed E-state index contributed by atoms with van der Waals surface area (Å²) in [7, 11) is 0. The summed E-state index contributed by atoms with van der Waals surface area (Å²) >= 11 is 0. The molecule has 2 aliphatic rings. The van der Waals surface area contributed by atoms with Gasteiger partial charge in [0.2, 0.25) is 5.91 Å². The minimum Gasteiger partial charge on any atom is -0.370 e. The van der Waals surface area contributed by atoms with Gasteiger partial charge in [0.15, 0.2) is 0 Å². The fraction of sp³-hybridized carbons (Fsp3) is 0.556. The number of quaternary nitrogens is 1. The summed E-state index contributed by atoms with van der Waals surface area (Å²) in [4.78, 5) is 27.2. The van der Waals surface area contributed by atoms with Crippen LogP contribution in [0, 0.1) is 5.82 Å². The Morgan fingerprint density at radius 1 is 1.27 bits per heavy atom. The van der Waals surface area contributed by atoms with E-state index in [9.17, 15) is 14.0 Å². The molecule has 1 atom stereocenters. The number of rotatable bonds is 6. The summed E-state index contributed by atoms with van der Waals surface area (Å²) in [6.45, 7) is 5.69. The summed E-state index contributed by atoms with van der Waals surface area (Å²) in [6, 6.07) is 5.31. The number of carbonyl (C=O) groups excluding carboxylic acids is 2. The highest BCUT2D eigenvalue weighted by molar-refractivity contribution is 5.96. The lowest BCUT2D eigenvalue weighted by Gasteiger charge is -2.23. The zero-order valence-electron chi connectivity index (χ0n) is 14.8. The summed E-state index contributed by atoms with van der Waals surface area (Å²) in [5.41, 5.74) is 0.648. The van der Waals surface area contributed by atoms with Crippen molar-refractivity contribution < 1.29 is 23.6 Å². The molecule has 0 radical (unpaired) electrons.